The summed E-state index contributed by atoms with van der Waals surface area (Å²) in [5.41, 5.74) is 0.943. The summed E-state index contributed by atoms with van der Waals surface area (Å²) in [6, 6.07) is 9.30. The normalized spacial score (nSPS) is 11.7. The fraction of sp³-hybridized carbons (Fsp3) is 0.227. The molecule has 32 heavy (non-hydrogen) atoms. The molecule has 0 saturated carbocycles. The molecule has 1 aromatic carbocycles. The Morgan fingerprint density at radius 1 is 0.969 bits per heavy atom. The largest absolute Gasteiger partial charge is 0.493 e. The van der Waals surface area contributed by atoms with Crippen molar-refractivity contribution in [3.05, 3.63) is 60.2 Å². The summed E-state index contributed by atoms with van der Waals surface area (Å²) in [5, 5.41) is 4.20. The molecule has 0 unspecified atom stereocenters. The Morgan fingerprint density at radius 3 is 2.38 bits per heavy atom. The molecule has 7 nitrogen and oxygen atoms in total. The molecule has 0 amide bonds. The van der Waals surface area contributed by atoms with Crippen molar-refractivity contribution in [2.75, 3.05) is 21.3 Å². The van der Waals surface area contributed by atoms with Gasteiger partial charge in [0.1, 0.15) is 0 Å². The highest BCUT2D eigenvalue weighted by molar-refractivity contribution is 5.82. The maximum Gasteiger partial charge on any atom is 0.433 e. The quantitative estimate of drug-likeness (QED) is 0.432. The predicted octanol–water partition coefficient (Wildman–Crippen LogP) is 4.64. The summed E-state index contributed by atoms with van der Waals surface area (Å²) < 4.78 is 58.6. The van der Waals surface area contributed by atoms with Gasteiger partial charge < -0.3 is 14.2 Å². The van der Waals surface area contributed by atoms with E-state index < -0.39 is 11.9 Å². The van der Waals surface area contributed by atoms with Crippen molar-refractivity contribution < 1.29 is 27.4 Å². The third kappa shape index (κ3) is 3.84. The van der Waals surface area contributed by atoms with Gasteiger partial charge in [-0.05, 0) is 35.9 Å². The lowest BCUT2D eigenvalue weighted by atomic mass is 10.0. The first-order chi connectivity index (χ1) is 15.4. The van der Waals surface area contributed by atoms with Gasteiger partial charge >= 0.3 is 6.18 Å². The lowest BCUT2D eigenvalue weighted by molar-refractivity contribution is -0.142. The van der Waals surface area contributed by atoms with Gasteiger partial charge in [-0.1, -0.05) is 6.07 Å². The summed E-state index contributed by atoms with van der Waals surface area (Å²) >= 11 is 0. The van der Waals surface area contributed by atoms with E-state index in [0.29, 0.717) is 33.9 Å². The van der Waals surface area contributed by atoms with E-state index in [1.807, 2.05) is 0 Å². The van der Waals surface area contributed by atoms with Crippen LogP contribution in [-0.4, -0.2) is 40.9 Å². The van der Waals surface area contributed by atoms with Gasteiger partial charge in [0.25, 0.3) is 0 Å². The van der Waals surface area contributed by atoms with Crippen LogP contribution in [0.2, 0.25) is 0 Å². The molecule has 4 aromatic rings. The van der Waals surface area contributed by atoms with Crippen LogP contribution in [0.3, 0.4) is 0 Å². The van der Waals surface area contributed by atoms with Crippen molar-refractivity contribution >= 4 is 5.65 Å². The fourth-order valence-corrected chi connectivity index (χ4v) is 3.45. The zero-order valence-corrected chi connectivity index (χ0v) is 17.5. The topological polar surface area (TPSA) is 70.8 Å². The highest BCUT2D eigenvalue weighted by atomic mass is 19.4. The summed E-state index contributed by atoms with van der Waals surface area (Å²) in [5.74, 6) is 0.910. The number of methoxy groups -OCH3 is 3. The monoisotopic (exact) mass is 444 g/mol. The highest BCUT2D eigenvalue weighted by Crippen LogP contribution is 2.39. The average Bonchev–Trinajstić information content (AvgIpc) is 3.15. The van der Waals surface area contributed by atoms with Crippen LogP contribution in [0.5, 0.6) is 11.5 Å². The third-order valence-electron chi connectivity index (χ3n) is 4.86. The molecule has 0 spiro atoms. The van der Waals surface area contributed by atoms with E-state index in [9.17, 15) is 13.2 Å². The molecular weight excluding hydrogens is 425 g/mol. The van der Waals surface area contributed by atoms with Gasteiger partial charge in [0.2, 0.25) is 0 Å². The van der Waals surface area contributed by atoms with Gasteiger partial charge in [-0.15, -0.1) is 0 Å². The van der Waals surface area contributed by atoms with Crippen molar-refractivity contribution in [3.63, 3.8) is 0 Å². The maximum absolute atomic E-state index is 14.0. The van der Waals surface area contributed by atoms with Crippen molar-refractivity contribution in [1.82, 2.24) is 19.6 Å². The van der Waals surface area contributed by atoms with Gasteiger partial charge in [0.05, 0.1) is 37.8 Å². The molecule has 0 bridgehead atoms. The first-order valence-corrected chi connectivity index (χ1v) is 9.49. The lowest BCUT2D eigenvalue weighted by Crippen LogP contribution is -2.14. The molecule has 0 fully saturated rings. The van der Waals surface area contributed by atoms with Crippen LogP contribution in [0.25, 0.3) is 28.0 Å². The summed E-state index contributed by atoms with van der Waals surface area (Å²) in [6.45, 7) is -0.00738. The SMILES string of the molecule is COCc1nn2c(C(F)(F)F)cc(-c3cccnc3)nc2c1-c1ccc(OC)c(OC)c1. The van der Waals surface area contributed by atoms with Crippen molar-refractivity contribution in [2.24, 2.45) is 0 Å². The first-order valence-electron chi connectivity index (χ1n) is 9.49. The van der Waals surface area contributed by atoms with Crippen LogP contribution in [0.1, 0.15) is 11.4 Å². The van der Waals surface area contributed by atoms with E-state index >= 15 is 0 Å². The second-order valence-corrected chi connectivity index (χ2v) is 6.83. The Balaban J connectivity index is 2.07. The van der Waals surface area contributed by atoms with Gasteiger partial charge in [-0.2, -0.15) is 18.3 Å². The Labute approximate surface area is 181 Å². The predicted molar refractivity (Wildman–Crippen MR) is 110 cm³/mol. The summed E-state index contributed by atoms with van der Waals surface area (Å²) in [4.78, 5) is 8.53. The van der Waals surface area contributed by atoms with E-state index in [2.05, 4.69) is 15.1 Å². The Kier molecular flexibility index (Phi) is 5.70. The standard InChI is InChI=1S/C22H19F3N4O3/c1-30-12-16-20(13-6-7-17(31-2)18(9-13)32-3)21-27-15(14-5-4-8-26-11-14)10-19(22(23,24)25)29(21)28-16/h4-11H,12H2,1-3H3. The minimum absolute atomic E-state index is 0.00738. The molecule has 0 saturated heterocycles. The molecule has 0 aliphatic heterocycles. The zero-order chi connectivity index (χ0) is 22.9. The minimum Gasteiger partial charge on any atom is -0.493 e. The molecule has 166 valence electrons. The molecule has 0 aliphatic rings. The zero-order valence-electron chi connectivity index (χ0n) is 17.5. The van der Waals surface area contributed by atoms with E-state index in [1.165, 1.54) is 33.7 Å². The number of benzene rings is 1. The molecule has 0 atom stereocenters. The molecule has 10 heteroatoms. The number of ether oxygens (including phenoxy) is 3. The van der Waals surface area contributed by atoms with E-state index in [1.54, 1.807) is 30.3 Å². The molecule has 4 rings (SSSR count). The van der Waals surface area contributed by atoms with Gasteiger partial charge in [0, 0.05) is 25.1 Å². The molecule has 0 aliphatic carbocycles. The van der Waals surface area contributed by atoms with Crippen molar-refractivity contribution in [3.8, 4) is 33.9 Å². The maximum atomic E-state index is 14.0. The van der Waals surface area contributed by atoms with Gasteiger partial charge in [-0.3, -0.25) is 4.98 Å². The van der Waals surface area contributed by atoms with Crippen molar-refractivity contribution in [2.45, 2.75) is 12.8 Å². The van der Waals surface area contributed by atoms with Gasteiger partial charge in [0.15, 0.2) is 22.8 Å². The second kappa shape index (κ2) is 8.46. The van der Waals surface area contributed by atoms with E-state index in [4.69, 9.17) is 14.2 Å². The van der Waals surface area contributed by atoms with Crippen LogP contribution in [0.15, 0.2) is 48.8 Å². The highest BCUT2D eigenvalue weighted by Gasteiger charge is 2.36. The number of pyridine rings is 1. The molecular formula is C22H19F3N4O3. The third-order valence-corrected chi connectivity index (χ3v) is 4.86. The number of alkyl halides is 3. The van der Waals surface area contributed by atoms with Crippen LogP contribution in [-0.2, 0) is 17.5 Å². The minimum atomic E-state index is -4.66. The van der Waals surface area contributed by atoms with Gasteiger partial charge in [-0.25, -0.2) is 9.50 Å². The van der Waals surface area contributed by atoms with Crippen LogP contribution in [0, 0.1) is 0 Å². The lowest BCUT2D eigenvalue weighted by Gasteiger charge is -2.12. The van der Waals surface area contributed by atoms with E-state index in [-0.39, 0.29) is 17.9 Å². The van der Waals surface area contributed by atoms with Crippen LogP contribution in [0.4, 0.5) is 13.2 Å². The Hall–Kier alpha value is -3.66. The summed E-state index contributed by atoms with van der Waals surface area (Å²) in [7, 11) is 4.43. The fourth-order valence-electron chi connectivity index (χ4n) is 3.45. The number of aromatic nitrogens is 4. The van der Waals surface area contributed by atoms with E-state index in [0.717, 1.165) is 10.6 Å². The number of hydrogen-bond donors (Lipinski definition) is 0. The smallest absolute Gasteiger partial charge is 0.433 e. The summed E-state index contributed by atoms with van der Waals surface area (Å²) in [6.07, 6.45) is -1.66. The number of halogens is 3. The Bertz CT molecular complexity index is 1260. The van der Waals surface area contributed by atoms with Crippen LogP contribution < -0.4 is 9.47 Å². The number of fused-ring (bicyclic) bond motifs is 1. The first kappa shape index (κ1) is 21.6. The van der Waals surface area contributed by atoms with Crippen molar-refractivity contribution in [1.29, 1.82) is 0 Å². The number of rotatable bonds is 6. The molecule has 0 N–H and O–H groups in total. The molecule has 3 aromatic heterocycles. The van der Waals surface area contributed by atoms with Crippen LogP contribution >= 0.6 is 0 Å². The number of hydrogen-bond acceptors (Lipinski definition) is 6. The average molecular weight is 444 g/mol. The Morgan fingerprint density at radius 2 is 1.75 bits per heavy atom. The number of nitrogens with zero attached hydrogens (tertiary/aromatic N) is 4. The molecule has 3 heterocycles. The second-order valence-electron chi connectivity index (χ2n) is 6.83. The molecule has 0 radical (unpaired) electrons.